The van der Waals surface area contributed by atoms with Crippen LogP contribution in [0.2, 0.25) is 0 Å². The van der Waals surface area contributed by atoms with Crippen molar-refractivity contribution in [2.45, 2.75) is 212 Å². The first kappa shape index (κ1) is 69.6. The molecular weight excluding hydrogens is 1230 g/mol. The molecular formula is C57H97N17O15S2. The van der Waals surface area contributed by atoms with Gasteiger partial charge in [-0.25, -0.2) is 27.9 Å². The lowest BCUT2D eigenvalue weighted by Crippen LogP contribution is -2.50. The van der Waals surface area contributed by atoms with E-state index in [1.54, 1.807) is 4.90 Å². The molecule has 3 aromatic heterocycles. The molecule has 6 amide bonds. The van der Waals surface area contributed by atoms with Crippen LogP contribution < -0.4 is 20.4 Å². The van der Waals surface area contributed by atoms with Crippen LogP contribution in [0.4, 0.5) is 32.4 Å². The van der Waals surface area contributed by atoms with E-state index in [0.29, 0.717) is 84.0 Å². The van der Waals surface area contributed by atoms with Crippen LogP contribution in [-0.4, -0.2) is 223 Å². The molecule has 4 N–H and O–H groups in total. The van der Waals surface area contributed by atoms with E-state index >= 15 is 0 Å². The lowest BCUT2D eigenvalue weighted by atomic mass is 10.00. The van der Waals surface area contributed by atoms with E-state index in [4.69, 9.17) is 23.5 Å². The number of carbonyl (C=O) groups is 3. The molecule has 512 valence electrons. The molecule has 0 radical (unpaired) electrons. The number of rotatable bonds is 22. The largest absolute Gasteiger partial charge is 0.724 e. The minimum atomic E-state index is -5.01. The molecule has 9 saturated heterocycles. The van der Waals surface area contributed by atoms with E-state index in [9.17, 15) is 41.0 Å². The van der Waals surface area contributed by atoms with E-state index in [2.05, 4.69) is 85.6 Å². The quantitative estimate of drug-likeness (QED) is 0.0396. The van der Waals surface area contributed by atoms with E-state index < -0.39 is 57.0 Å². The Morgan fingerprint density at radius 1 is 0.505 bits per heavy atom. The summed E-state index contributed by atoms with van der Waals surface area (Å²) in [5.74, 6) is 2.52. The molecule has 6 atom stereocenters. The Labute approximate surface area is 534 Å². The van der Waals surface area contributed by atoms with Crippen LogP contribution in [0, 0.1) is 11.8 Å². The first-order valence-electron chi connectivity index (χ1n) is 33.2. The van der Waals surface area contributed by atoms with E-state index in [1.165, 1.54) is 91.8 Å². The van der Waals surface area contributed by atoms with Gasteiger partial charge in [-0.3, -0.25) is 9.76 Å². The summed E-state index contributed by atoms with van der Waals surface area (Å²) in [7, 11) is -9.77. The Kier molecular flexibility index (Phi) is 23.7. The molecule has 91 heavy (non-hydrogen) atoms. The third kappa shape index (κ3) is 17.5. The highest BCUT2D eigenvalue weighted by atomic mass is 32.3. The fourth-order valence-electron chi connectivity index (χ4n) is 13.7. The van der Waals surface area contributed by atoms with Crippen LogP contribution in [0.25, 0.3) is 0 Å². The number of hydroxylamine groups is 6. The highest BCUT2D eigenvalue weighted by molar-refractivity contribution is 7.81. The minimum absolute atomic E-state index is 0.102. The van der Waals surface area contributed by atoms with Gasteiger partial charge in [0.25, 0.3) is 0 Å². The SMILES string of the molecule is CC1CCN(c2nnc([C@@H]3CC[C@@H]4CN3C(=O)N4O)o2)CC1.CC1CCN(c2nnc([C@@H]3CC[C@@H]4CN3C(=O)N4OS(=O)(=O)[O-])o2)CC1.CCCC[N+](CCCC)(CCCC)CCCC.NC1CCN(c2nnc([C@@H]3CC[C@@H]4CN3C(=O)N4OS(=O)(=O)O)o2)CC1. The third-order valence-electron chi connectivity index (χ3n) is 19.3. The zero-order valence-corrected chi connectivity index (χ0v) is 55.4. The second-order valence-corrected chi connectivity index (χ2v) is 28.1. The van der Waals surface area contributed by atoms with Crippen LogP contribution in [0.3, 0.4) is 0 Å². The number of urea groups is 3. The maximum absolute atomic E-state index is 12.4. The first-order chi connectivity index (χ1) is 43.5. The van der Waals surface area contributed by atoms with Crippen molar-refractivity contribution in [3.05, 3.63) is 17.7 Å². The number of hydrogen-bond acceptors (Lipinski definition) is 24. The number of nitrogens with zero attached hydrogens (tertiary/aromatic N) is 16. The Balaban J connectivity index is 0.000000146. The van der Waals surface area contributed by atoms with Gasteiger partial charge in [-0.05, 0) is 115 Å². The molecule has 34 heteroatoms. The Hall–Kier alpha value is -5.75. The standard InChI is InChI=1S/C16H36N.C14H21N5O6S.C14H21N5O3.C13H20N6O6S/c1-5-9-13-17(14-10-6-2,15-11-7-3)16-12-8-4;1-9-4-6-17(7-5-9)13-16-15-12(24-13)11-3-2-10-8-18(11)14(20)19(10)25-26(21,22)23;1-9-4-6-17(7-5-9)13-16-15-12(22-13)11-3-2-10-8-18(11)14(20)19(10)21;14-8-3-5-17(6-4-8)12-16-15-11(24-12)10-2-1-9-7-18(10)13(20)19(9)25-26(21,22)23/h5-16H2,1-4H3;9-11H,2-8H2,1H3,(H,21,22,23);9-11,21H,2-8H2,1H3;8-10H,1-7,14H2,(H,21,22,23)/q+1;;;/p-1/t;2*10-,11+;9-,10+/m.111/s1. The predicted molar refractivity (Wildman–Crippen MR) is 327 cm³/mol. The smallest absolute Gasteiger partial charge is 0.418 e. The van der Waals surface area contributed by atoms with Crippen molar-refractivity contribution in [3.63, 3.8) is 0 Å². The number of piperidine rings is 6. The number of amides is 6. The highest BCUT2D eigenvalue weighted by Crippen LogP contribution is 2.42. The van der Waals surface area contributed by atoms with Gasteiger partial charge in [0.1, 0.15) is 18.1 Å². The van der Waals surface area contributed by atoms with Crippen molar-refractivity contribution >= 4 is 56.9 Å². The zero-order valence-electron chi connectivity index (χ0n) is 53.8. The van der Waals surface area contributed by atoms with Gasteiger partial charge < -0.3 is 57.4 Å². The number of anilines is 3. The van der Waals surface area contributed by atoms with Crippen LogP contribution >= 0.6 is 0 Å². The number of aromatic nitrogens is 6. The van der Waals surface area contributed by atoms with E-state index in [1.807, 2.05) is 9.80 Å². The average Bonchev–Trinajstić information content (AvgIpc) is 1.64. The molecule has 3 aromatic rings. The number of nitrogens with two attached hydrogens (primary N) is 1. The molecule has 32 nitrogen and oxygen atoms in total. The monoisotopic (exact) mass is 1320 g/mol. The molecule has 9 aliphatic rings. The topological polar surface area (TPSA) is 373 Å². The molecule has 0 unspecified atom stereocenters. The Morgan fingerprint density at radius 2 is 0.835 bits per heavy atom. The van der Waals surface area contributed by atoms with Crippen LogP contribution in [-0.2, 0) is 29.4 Å². The van der Waals surface area contributed by atoms with E-state index in [0.717, 1.165) is 102 Å². The van der Waals surface area contributed by atoms with Crippen LogP contribution in [0.1, 0.15) is 206 Å². The van der Waals surface area contributed by atoms with Crippen LogP contribution in [0.5, 0.6) is 0 Å². The van der Waals surface area contributed by atoms with E-state index in [-0.39, 0.29) is 37.2 Å². The Morgan fingerprint density at radius 3 is 1.19 bits per heavy atom. The summed E-state index contributed by atoms with van der Waals surface area (Å²) in [4.78, 5) is 47.4. The average molecular weight is 1320 g/mol. The van der Waals surface area contributed by atoms with Gasteiger partial charge in [-0.15, -0.1) is 19.6 Å². The molecule has 6 bridgehead atoms. The van der Waals surface area contributed by atoms with Crippen LogP contribution in [0.15, 0.2) is 13.3 Å². The van der Waals surface area contributed by atoms with Crippen molar-refractivity contribution in [3.8, 4) is 0 Å². The minimum Gasteiger partial charge on any atom is -0.724 e. The summed E-state index contributed by atoms with van der Waals surface area (Å²) >= 11 is 0. The zero-order chi connectivity index (χ0) is 65.2. The molecule has 9 aliphatic heterocycles. The fourth-order valence-corrected chi connectivity index (χ4v) is 14.5. The van der Waals surface area contributed by atoms with Gasteiger partial charge >= 0.3 is 46.5 Å². The maximum atomic E-state index is 12.4. The fraction of sp³-hybridized carbons (Fsp3) is 0.842. The molecule has 12 rings (SSSR count). The summed E-state index contributed by atoms with van der Waals surface area (Å²) in [6.45, 7) is 25.5. The maximum Gasteiger partial charge on any atom is 0.418 e. The summed E-state index contributed by atoms with van der Waals surface area (Å²) in [6.07, 6.45) is 20.6. The first-order valence-corrected chi connectivity index (χ1v) is 35.9. The van der Waals surface area contributed by atoms with Gasteiger partial charge in [0.2, 0.25) is 28.1 Å². The molecule has 0 aliphatic carbocycles. The number of unbranched alkanes of at least 4 members (excludes halogenated alkanes) is 4. The van der Waals surface area contributed by atoms with Crippen molar-refractivity contribution in [1.82, 2.24) is 60.5 Å². The molecule has 12 heterocycles. The number of hydrogen-bond donors (Lipinski definition) is 3. The Bertz CT molecular complexity index is 2890. The van der Waals surface area contributed by atoms with Crippen molar-refractivity contribution < 1.29 is 71.8 Å². The van der Waals surface area contributed by atoms with Gasteiger partial charge in [0.05, 0.1) is 44.3 Å². The predicted octanol–water partition coefficient (Wildman–Crippen LogP) is 6.95. The molecule has 0 aromatic carbocycles. The van der Waals surface area contributed by atoms with Gasteiger partial charge in [0, 0.05) is 64.9 Å². The number of carbonyl (C=O) groups excluding carboxylic acids is 3. The molecule has 0 spiro atoms. The van der Waals surface area contributed by atoms with Gasteiger partial charge in [-0.2, -0.15) is 22.8 Å². The summed E-state index contributed by atoms with van der Waals surface area (Å²) in [5.41, 5.74) is 5.90. The van der Waals surface area contributed by atoms with Crippen molar-refractivity contribution in [2.75, 3.05) is 99.8 Å². The normalized spacial score (nSPS) is 25.1. The second kappa shape index (κ2) is 31.0. The third-order valence-corrected chi connectivity index (χ3v) is 20.0. The second-order valence-electron chi connectivity index (χ2n) is 26.1. The van der Waals surface area contributed by atoms with Gasteiger partial charge in [0.15, 0.2) is 0 Å². The van der Waals surface area contributed by atoms with Crippen molar-refractivity contribution in [1.29, 1.82) is 0 Å². The molecule has 9 fully saturated rings. The lowest BCUT2D eigenvalue weighted by molar-refractivity contribution is -0.929. The summed E-state index contributed by atoms with van der Waals surface area (Å²) in [6, 6.07) is -2.28. The lowest BCUT2D eigenvalue weighted by Gasteiger charge is -2.39. The summed E-state index contributed by atoms with van der Waals surface area (Å²) < 4.78 is 90.8. The molecule has 0 saturated carbocycles. The number of fused-ring (bicyclic) bond motifs is 6. The highest BCUT2D eigenvalue weighted by Gasteiger charge is 2.51. The van der Waals surface area contributed by atoms with Crippen molar-refractivity contribution in [2.24, 2.45) is 17.6 Å². The van der Waals surface area contributed by atoms with Gasteiger partial charge in [-0.1, -0.05) is 82.5 Å². The summed E-state index contributed by atoms with van der Waals surface area (Å²) in [5, 5.41) is 36.6. The number of quaternary nitrogens is 1.